The second kappa shape index (κ2) is 7.39. The molecule has 1 aliphatic rings. The Bertz CT molecular complexity index is 291. The van der Waals surface area contributed by atoms with Crippen LogP contribution in [0.5, 0.6) is 0 Å². The van der Waals surface area contributed by atoms with Crippen LogP contribution in [0, 0.1) is 11.8 Å². The second-order valence-corrected chi connectivity index (χ2v) is 5.38. The molecular weight excluding hydrogens is 230 g/mol. The summed E-state index contributed by atoms with van der Waals surface area (Å²) >= 11 is 0. The summed E-state index contributed by atoms with van der Waals surface area (Å²) < 4.78 is 0. The molecule has 2 atom stereocenters. The van der Waals surface area contributed by atoms with Crippen molar-refractivity contribution in [3.05, 3.63) is 0 Å². The third kappa shape index (κ3) is 4.31. The molecule has 1 aliphatic heterocycles. The van der Waals surface area contributed by atoms with Crippen molar-refractivity contribution in [2.75, 3.05) is 13.1 Å². The molecule has 1 N–H and O–H groups in total. The van der Waals surface area contributed by atoms with Crippen LogP contribution in [0.15, 0.2) is 0 Å². The van der Waals surface area contributed by atoms with Gasteiger partial charge in [0, 0.05) is 19.5 Å². The van der Waals surface area contributed by atoms with E-state index in [0.717, 1.165) is 12.8 Å². The molecule has 1 rings (SSSR count). The number of hydrogen-bond acceptors (Lipinski definition) is 2. The van der Waals surface area contributed by atoms with Gasteiger partial charge in [-0.2, -0.15) is 0 Å². The smallest absolute Gasteiger partial charge is 0.308 e. The van der Waals surface area contributed by atoms with Gasteiger partial charge in [0.2, 0.25) is 5.91 Å². The van der Waals surface area contributed by atoms with Crippen LogP contribution in [-0.4, -0.2) is 35.0 Å². The van der Waals surface area contributed by atoms with E-state index in [2.05, 4.69) is 6.92 Å². The van der Waals surface area contributed by atoms with Crippen molar-refractivity contribution in [1.82, 2.24) is 4.90 Å². The molecule has 1 amide bonds. The minimum absolute atomic E-state index is 0.0755. The minimum atomic E-state index is -0.777. The van der Waals surface area contributed by atoms with Crippen molar-refractivity contribution in [3.8, 4) is 0 Å². The highest BCUT2D eigenvalue weighted by atomic mass is 16.4. The first-order valence-corrected chi connectivity index (χ1v) is 7.06. The average Bonchev–Trinajstić information content (AvgIpc) is 2.71. The lowest BCUT2D eigenvalue weighted by Crippen LogP contribution is -2.29. The molecule has 1 fully saturated rings. The lowest BCUT2D eigenvalue weighted by Gasteiger charge is -2.15. The molecule has 0 aromatic carbocycles. The number of carboxylic acids is 1. The fourth-order valence-corrected chi connectivity index (χ4v) is 2.53. The lowest BCUT2D eigenvalue weighted by molar-refractivity contribution is -0.142. The molecule has 0 radical (unpaired) electrons. The number of carbonyl (C=O) groups is 2. The number of aliphatic carboxylic acids is 1. The van der Waals surface area contributed by atoms with Crippen LogP contribution >= 0.6 is 0 Å². The number of hydrogen-bond donors (Lipinski definition) is 1. The first-order valence-electron chi connectivity index (χ1n) is 7.06. The van der Waals surface area contributed by atoms with E-state index < -0.39 is 5.97 Å². The van der Waals surface area contributed by atoms with E-state index in [1.807, 2.05) is 6.92 Å². The van der Waals surface area contributed by atoms with Crippen LogP contribution in [0.2, 0.25) is 0 Å². The molecular formula is C14H25NO3. The molecule has 4 heteroatoms. The molecule has 104 valence electrons. The van der Waals surface area contributed by atoms with Gasteiger partial charge in [-0.1, -0.05) is 39.5 Å². The predicted octanol–water partition coefficient (Wildman–Crippen LogP) is 2.53. The zero-order valence-corrected chi connectivity index (χ0v) is 11.5. The van der Waals surface area contributed by atoms with E-state index >= 15 is 0 Å². The molecule has 0 saturated carbocycles. The largest absolute Gasteiger partial charge is 0.481 e. The van der Waals surface area contributed by atoms with E-state index in [4.69, 9.17) is 5.11 Å². The van der Waals surface area contributed by atoms with E-state index in [1.165, 1.54) is 19.3 Å². The molecule has 0 bridgehead atoms. The third-order valence-electron chi connectivity index (χ3n) is 3.78. The molecule has 0 aromatic heterocycles. The van der Waals surface area contributed by atoms with Crippen LogP contribution in [-0.2, 0) is 9.59 Å². The Labute approximate surface area is 109 Å². The fraction of sp³-hybridized carbons (Fsp3) is 0.857. The maximum absolute atomic E-state index is 11.9. The summed E-state index contributed by atoms with van der Waals surface area (Å²) in [5.41, 5.74) is 0. The summed E-state index contributed by atoms with van der Waals surface area (Å²) in [5, 5.41) is 9.02. The molecule has 0 unspecified atom stereocenters. The van der Waals surface area contributed by atoms with Crippen LogP contribution < -0.4 is 0 Å². The lowest BCUT2D eigenvalue weighted by atomic mass is 9.99. The molecule has 1 saturated heterocycles. The van der Waals surface area contributed by atoms with Crippen molar-refractivity contribution in [3.63, 3.8) is 0 Å². The minimum Gasteiger partial charge on any atom is -0.481 e. The summed E-state index contributed by atoms with van der Waals surface area (Å²) in [6.07, 6.45) is 6.24. The average molecular weight is 255 g/mol. The monoisotopic (exact) mass is 255 g/mol. The quantitative estimate of drug-likeness (QED) is 0.711. The van der Waals surface area contributed by atoms with Gasteiger partial charge in [-0.3, -0.25) is 9.59 Å². The Balaban J connectivity index is 2.25. The highest BCUT2D eigenvalue weighted by Gasteiger charge is 2.36. The maximum Gasteiger partial charge on any atom is 0.308 e. The molecule has 1 heterocycles. The van der Waals surface area contributed by atoms with Gasteiger partial charge in [-0.05, 0) is 12.3 Å². The van der Waals surface area contributed by atoms with Crippen LogP contribution in [0.1, 0.15) is 52.4 Å². The van der Waals surface area contributed by atoms with Crippen molar-refractivity contribution < 1.29 is 14.7 Å². The molecule has 18 heavy (non-hydrogen) atoms. The van der Waals surface area contributed by atoms with Gasteiger partial charge >= 0.3 is 5.97 Å². The first-order chi connectivity index (χ1) is 8.56. The van der Waals surface area contributed by atoms with E-state index in [9.17, 15) is 9.59 Å². The third-order valence-corrected chi connectivity index (χ3v) is 3.78. The number of rotatable bonds is 7. The van der Waals surface area contributed by atoms with Gasteiger partial charge in [0.1, 0.15) is 0 Å². The number of carboxylic acid groups (broad SMARTS) is 1. The summed E-state index contributed by atoms with van der Waals surface area (Å²) in [6.45, 7) is 5.07. The summed E-state index contributed by atoms with van der Waals surface area (Å²) in [5.74, 6) is -0.955. The Morgan fingerprint density at radius 1 is 1.17 bits per heavy atom. The molecule has 0 spiro atoms. The van der Waals surface area contributed by atoms with Crippen molar-refractivity contribution in [2.45, 2.75) is 52.4 Å². The van der Waals surface area contributed by atoms with Gasteiger partial charge < -0.3 is 10.0 Å². The van der Waals surface area contributed by atoms with Crippen molar-refractivity contribution >= 4 is 11.9 Å². The predicted molar refractivity (Wildman–Crippen MR) is 70.2 cm³/mol. The normalized spacial score (nSPS) is 23.3. The van der Waals surface area contributed by atoms with Gasteiger partial charge in [-0.15, -0.1) is 0 Å². The number of nitrogens with zero attached hydrogens (tertiary/aromatic N) is 1. The fourth-order valence-electron chi connectivity index (χ4n) is 2.53. The Kier molecular flexibility index (Phi) is 6.16. The van der Waals surface area contributed by atoms with Crippen LogP contribution in [0.3, 0.4) is 0 Å². The number of carbonyl (C=O) groups excluding carboxylic acids is 1. The number of amides is 1. The SMILES string of the molecule is CCCCCCCC(=O)N1C[C@@H](C)[C@H](C(=O)O)C1. The standard InChI is InChI=1S/C14H25NO3/c1-3-4-5-6-7-8-13(16)15-9-11(2)12(10-15)14(17)18/h11-12H,3-10H2,1-2H3,(H,17,18)/t11-,12-/m1/s1. The molecule has 0 aliphatic carbocycles. The van der Waals surface area contributed by atoms with Crippen LogP contribution in [0.25, 0.3) is 0 Å². The topological polar surface area (TPSA) is 57.6 Å². The molecule has 4 nitrogen and oxygen atoms in total. The maximum atomic E-state index is 11.9. The zero-order valence-electron chi connectivity index (χ0n) is 11.5. The molecule has 0 aromatic rings. The summed E-state index contributed by atoms with van der Waals surface area (Å²) in [4.78, 5) is 24.6. The Morgan fingerprint density at radius 2 is 1.83 bits per heavy atom. The summed E-state index contributed by atoms with van der Waals surface area (Å²) in [7, 11) is 0. The van der Waals surface area contributed by atoms with Gasteiger partial charge in [-0.25, -0.2) is 0 Å². The number of unbranched alkanes of at least 4 members (excludes halogenated alkanes) is 4. The Morgan fingerprint density at radius 3 is 2.39 bits per heavy atom. The van der Waals surface area contributed by atoms with Gasteiger partial charge in [0.15, 0.2) is 0 Å². The van der Waals surface area contributed by atoms with Gasteiger partial charge in [0.25, 0.3) is 0 Å². The first kappa shape index (κ1) is 15.0. The van der Waals surface area contributed by atoms with E-state index in [0.29, 0.717) is 19.5 Å². The summed E-state index contributed by atoms with van der Waals surface area (Å²) in [6, 6.07) is 0. The van der Waals surface area contributed by atoms with E-state index in [1.54, 1.807) is 4.90 Å². The Hall–Kier alpha value is -1.06. The highest BCUT2D eigenvalue weighted by molar-refractivity contribution is 5.78. The van der Waals surface area contributed by atoms with Crippen molar-refractivity contribution in [2.24, 2.45) is 11.8 Å². The highest BCUT2D eigenvalue weighted by Crippen LogP contribution is 2.24. The van der Waals surface area contributed by atoms with Crippen molar-refractivity contribution in [1.29, 1.82) is 0 Å². The van der Waals surface area contributed by atoms with E-state index in [-0.39, 0.29) is 17.7 Å². The second-order valence-electron chi connectivity index (χ2n) is 5.38. The zero-order chi connectivity index (χ0) is 13.5. The number of likely N-dealkylation sites (tertiary alicyclic amines) is 1. The van der Waals surface area contributed by atoms with Gasteiger partial charge in [0.05, 0.1) is 5.92 Å². The van der Waals surface area contributed by atoms with Crippen LogP contribution in [0.4, 0.5) is 0 Å².